The Morgan fingerprint density at radius 2 is 2.00 bits per heavy atom. The van der Waals surface area contributed by atoms with E-state index < -0.39 is 0 Å². The molecule has 18 heavy (non-hydrogen) atoms. The molecule has 102 valence electrons. The van der Waals surface area contributed by atoms with Crippen LogP contribution in [0.25, 0.3) is 0 Å². The van der Waals surface area contributed by atoms with E-state index in [1.807, 2.05) is 12.1 Å². The summed E-state index contributed by atoms with van der Waals surface area (Å²) in [6.45, 7) is 5.55. The smallest absolute Gasteiger partial charge is 0.122 e. The third-order valence-corrected chi connectivity index (χ3v) is 3.32. The molecule has 0 spiro atoms. The molecule has 2 heteroatoms. The lowest BCUT2D eigenvalue weighted by atomic mass is 10.1. The number of hydrogen-bond acceptors (Lipinski definition) is 2. The van der Waals surface area contributed by atoms with Crippen molar-refractivity contribution in [2.75, 3.05) is 13.7 Å². The molecule has 0 aliphatic carbocycles. The maximum Gasteiger partial charge on any atom is 0.122 e. The van der Waals surface area contributed by atoms with Gasteiger partial charge in [-0.2, -0.15) is 0 Å². The first-order chi connectivity index (χ1) is 8.77. The van der Waals surface area contributed by atoms with E-state index in [9.17, 15) is 0 Å². The van der Waals surface area contributed by atoms with Crippen molar-refractivity contribution in [2.24, 2.45) is 0 Å². The number of rotatable bonds is 9. The summed E-state index contributed by atoms with van der Waals surface area (Å²) in [5.41, 5.74) is 1.29. The quantitative estimate of drug-likeness (QED) is 0.672. The summed E-state index contributed by atoms with van der Waals surface area (Å²) in [7, 11) is 1.74. The molecule has 2 nitrogen and oxygen atoms in total. The third-order valence-electron chi connectivity index (χ3n) is 3.32. The van der Waals surface area contributed by atoms with Gasteiger partial charge in [0.05, 0.1) is 7.11 Å². The Labute approximate surface area is 112 Å². The van der Waals surface area contributed by atoms with E-state index in [1.165, 1.54) is 31.2 Å². The molecule has 0 saturated heterocycles. The zero-order valence-corrected chi connectivity index (χ0v) is 12.0. The van der Waals surface area contributed by atoms with Gasteiger partial charge >= 0.3 is 0 Å². The summed E-state index contributed by atoms with van der Waals surface area (Å²) in [5, 5.41) is 3.59. The molecule has 1 aromatic carbocycles. The van der Waals surface area contributed by atoms with E-state index in [-0.39, 0.29) is 0 Å². The van der Waals surface area contributed by atoms with Gasteiger partial charge in [0.15, 0.2) is 0 Å². The molecule has 1 unspecified atom stereocenters. The first-order valence-electron chi connectivity index (χ1n) is 7.13. The summed E-state index contributed by atoms with van der Waals surface area (Å²) in [6.07, 6.45) is 6.29. The van der Waals surface area contributed by atoms with Crippen LogP contribution in [0.2, 0.25) is 0 Å². The lowest BCUT2D eigenvalue weighted by molar-refractivity contribution is 0.408. The number of ether oxygens (including phenoxy) is 1. The van der Waals surface area contributed by atoms with Gasteiger partial charge < -0.3 is 10.1 Å². The minimum absolute atomic E-state index is 0.617. The predicted molar refractivity (Wildman–Crippen MR) is 78.3 cm³/mol. The largest absolute Gasteiger partial charge is 0.496 e. The van der Waals surface area contributed by atoms with Gasteiger partial charge in [-0.25, -0.2) is 0 Å². The average Bonchev–Trinajstić information content (AvgIpc) is 2.39. The van der Waals surface area contributed by atoms with Crippen LogP contribution in [0.15, 0.2) is 24.3 Å². The zero-order valence-electron chi connectivity index (χ0n) is 12.0. The first kappa shape index (κ1) is 15.0. The van der Waals surface area contributed by atoms with E-state index >= 15 is 0 Å². The molecule has 0 heterocycles. The molecule has 0 fully saturated rings. The average molecular weight is 249 g/mol. The molecule has 0 radical (unpaired) electrons. The molecule has 1 aromatic rings. The van der Waals surface area contributed by atoms with E-state index in [0.717, 1.165) is 18.7 Å². The monoisotopic (exact) mass is 249 g/mol. The van der Waals surface area contributed by atoms with Crippen LogP contribution in [-0.2, 0) is 6.42 Å². The minimum Gasteiger partial charge on any atom is -0.496 e. The number of hydrogen-bond donors (Lipinski definition) is 1. The molecule has 1 atom stereocenters. The van der Waals surface area contributed by atoms with E-state index in [1.54, 1.807) is 7.11 Å². The van der Waals surface area contributed by atoms with Crippen molar-refractivity contribution in [1.82, 2.24) is 5.32 Å². The SMILES string of the molecule is CCCCCC(C)NCCc1ccccc1OC. The number of unbranched alkanes of at least 4 members (excludes halogenated alkanes) is 2. The van der Waals surface area contributed by atoms with Gasteiger partial charge in [-0.15, -0.1) is 0 Å². The number of benzene rings is 1. The Bertz CT molecular complexity index is 325. The standard InChI is InChI=1S/C16H27NO/c1-4-5-6-9-14(2)17-13-12-15-10-7-8-11-16(15)18-3/h7-8,10-11,14,17H,4-6,9,12-13H2,1-3H3. The molecule has 0 aromatic heterocycles. The molecule has 0 bridgehead atoms. The summed E-state index contributed by atoms with van der Waals surface area (Å²) in [6, 6.07) is 8.87. The van der Waals surface area contributed by atoms with Gasteiger partial charge in [-0.3, -0.25) is 0 Å². The van der Waals surface area contributed by atoms with Crippen LogP contribution in [0.5, 0.6) is 5.75 Å². The van der Waals surface area contributed by atoms with Gasteiger partial charge in [-0.05, 0) is 37.9 Å². The van der Waals surface area contributed by atoms with Gasteiger partial charge in [-0.1, -0.05) is 44.4 Å². The van der Waals surface area contributed by atoms with Crippen LogP contribution >= 0.6 is 0 Å². The summed E-state index contributed by atoms with van der Waals surface area (Å²) in [4.78, 5) is 0. The van der Waals surface area contributed by atoms with Crippen molar-refractivity contribution in [2.45, 2.75) is 52.0 Å². The summed E-state index contributed by atoms with van der Waals surface area (Å²) in [5.74, 6) is 0.998. The topological polar surface area (TPSA) is 21.3 Å². The van der Waals surface area contributed by atoms with Crippen molar-refractivity contribution < 1.29 is 4.74 Å². The fourth-order valence-electron chi connectivity index (χ4n) is 2.17. The summed E-state index contributed by atoms with van der Waals surface area (Å²) < 4.78 is 5.35. The van der Waals surface area contributed by atoms with Gasteiger partial charge in [0.1, 0.15) is 5.75 Å². The predicted octanol–water partition coefficient (Wildman–Crippen LogP) is 3.80. The van der Waals surface area contributed by atoms with Crippen molar-refractivity contribution in [1.29, 1.82) is 0 Å². The van der Waals surface area contributed by atoms with Crippen molar-refractivity contribution in [3.63, 3.8) is 0 Å². The number of nitrogens with one attached hydrogen (secondary N) is 1. The van der Waals surface area contributed by atoms with Gasteiger partial charge in [0, 0.05) is 6.04 Å². The van der Waals surface area contributed by atoms with Crippen LogP contribution in [0.4, 0.5) is 0 Å². The third kappa shape index (κ3) is 5.54. The maximum absolute atomic E-state index is 5.35. The molecule has 0 saturated carbocycles. The zero-order chi connectivity index (χ0) is 13.2. The molecule has 0 aliphatic heterocycles. The summed E-state index contributed by atoms with van der Waals surface area (Å²) >= 11 is 0. The van der Waals surface area contributed by atoms with Gasteiger partial charge in [0.2, 0.25) is 0 Å². The van der Waals surface area contributed by atoms with E-state index in [2.05, 4.69) is 31.3 Å². The first-order valence-corrected chi connectivity index (χ1v) is 7.13. The fourth-order valence-corrected chi connectivity index (χ4v) is 2.17. The van der Waals surface area contributed by atoms with Gasteiger partial charge in [0.25, 0.3) is 0 Å². The van der Waals surface area contributed by atoms with Crippen molar-refractivity contribution in [3.8, 4) is 5.75 Å². The Balaban J connectivity index is 2.24. The molecule has 1 rings (SSSR count). The molecule has 0 amide bonds. The lowest BCUT2D eigenvalue weighted by Gasteiger charge is -2.14. The van der Waals surface area contributed by atoms with Crippen LogP contribution in [-0.4, -0.2) is 19.7 Å². The Kier molecular flexibility index (Phi) is 7.51. The van der Waals surface area contributed by atoms with Crippen molar-refractivity contribution in [3.05, 3.63) is 29.8 Å². The highest BCUT2D eigenvalue weighted by molar-refractivity contribution is 5.33. The van der Waals surface area contributed by atoms with Crippen LogP contribution in [0.3, 0.4) is 0 Å². The normalized spacial score (nSPS) is 12.4. The van der Waals surface area contributed by atoms with Crippen molar-refractivity contribution >= 4 is 0 Å². The second kappa shape index (κ2) is 8.98. The Hall–Kier alpha value is -1.02. The van der Waals surface area contributed by atoms with Crippen LogP contribution in [0, 0.1) is 0 Å². The highest BCUT2D eigenvalue weighted by Gasteiger charge is 2.03. The highest BCUT2D eigenvalue weighted by atomic mass is 16.5. The van der Waals surface area contributed by atoms with E-state index in [0.29, 0.717) is 6.04 Å². The second-order valence-electron chi connectivity index (χ2n) is 4.91. The molecular weight excluding hydrogens is 222 g/mol. The molecule has 1 N–H and O–H groups in total. The van der Waals surface area contributed by atoms with Crippen LogP contribution < -0.4 is 10.1 Å². The lowest BCUT2D eigenvalue weighted by Crippen LogP contribution is -2.28. The van der Waals surface area contributed by atoms with Crippen LogP contribution in [0.1, 0.15) is 45.1 Å². The minimum atomic E-state index is 0.617. The fraction of sp³-hybridized carbons (Fsp3) is 0.625. The Morgan fingerprint density at radius 1 is 1.22 bits per heavy atom. The Morgan fingerprint density at radius 3 is 2.72 bits per heavy atom. The number of para-hydroxylation sites is 1. The highest BCUT2D eigenvalue weighted by Crippen LogP contribution is 2.17. The van der Waals surface area contributed by atoms with E-state index in [4.69, 9.17) is 4.74 Å². The maximum atomic E-state index is 5.35. The molecule has 0 aliphatic rings. The number of methoxy groups -OCH3 is 1. The molecular formula is C16H27NO. The second-order valence-corrected chi connectivity index (χ2v) is 4.91.